The van der Waals surface area contributed by atoms with Crippen LogP contribution in [-0.4, -0.2) is 30.6 Å². The molecule has 0 saturated heterocycles. The summed E-state index contributed by atoms with van der Waals surface area (Å²) in [6, 6.07) is 0. The Morgan fingerprint density at radius 3 is 2.71 bits per heavy atom. The van der Waals surface area contributed by atoms with Crippen LogP contribution in [0.3, 0.4) is 0 Å². The number of unbranched alkanes of at least 4 members (excludes halogenated alkanes) is 2. The van der Waals surface area contributed by atoms with Crippen molar-refractivity contribution in [1.82, 2.24) is 15.6 Å². The summed E-state index contributed by atoms with van der Waals surface area (Å²) in [6.07, 6.45) is 4.60. The normalized spacial score (nSPS) is 12.0. The maximum atomic E-state index is 4.66. The van der Waals surface area contributed by atoms with Gasteiger partial charge in [-0.25, -0.2) is 4.98 Å². The molecular weight excluding hydrogens is 280 g/mol. The molecular formula is C16H30N4S. The van der Waals surface area contributed by atoms with Gasteiger partial charge in [0.25, 0.3) is 0 Å². The molecule has 0 aliphatic carbocycles. The molecule has 0 aromatic carbocycles. The summed E-state index contributed by atoms with van der Waals surface area (Å²) in [5, 5.41) is 10.1. The number of thiazole rings is 1. The summed E-state index contributed by atoms with van der Waals surface area (Å²) in [5.74, 6) is 1.45. The Kier molecular flexibility index (Phi) is 9.06. The zero-order chi connectivity index (χ0) is 15.5. The monoisotopic (exact) mass is 310 g/mol. The molecule has 1 rings (SSSR count). The Morgan fingerprint density at radius 2 is 2.10 bits per heavy atom. The van der Waals surface area contributed by atoms with Crippen molar-refractivity contribution in [1.29, 1.82) is 0 Å². The van der Waals surface area contributed by atoms with Crippen LogP contribution in [0.4, 0.5) is 0 Å². The predicted octanol–water partition coefficient (Wildman–Crippen LogP) is 3.55. The molecule has 0 fully saturated rings. The van der Waals surface area contributed by atoms with Crippen LogP contribution in [0.5, 0.6) is 0 Å². The number of aromatic nitrogens is 1. The van der Waals surface area contributed by atoms with Crippen LogP contribution in [0.1, 0.15) is 63.6 Å². The average Bonchev–Trinajstić information content (AvgIpc) is 2.92. The van der Waals surface area contributed by atoms with Gasteiger partial charge < -0.3 is 10.6 Å². The highest BCUT2D eigenvalue weighted by atomic mass is 32.1. The second kappa shape index (κ2) is 10.6. The lowest BCUT2D eigenvalue weighted by molar-refractivity contribution is 0.715. The van der Waals surface area contributed by atoms with Crippen molar-refractivity contribution in [3.8, 4) is 0 Å². The maximum Gasteiger partial charge on any atom is 0.191 e. The standard InChI is InChI=1S/C16H30N4S/c1-5-7-8-10-18-16(17-6-2)19-11-9-14-12-21-15(20-14)13(3)4/h12-13H,5-11H2,1-4H3,(H2,17,18,19). The molecule has 4 nitrogen and oxygen atoms in total. The minimum atomic E-state index is 0.522. The Bertz CT molecular complexity index is 412. The van der Waals surface area contributed by atoms with Crippen molar-refractivity contribution in [2.24, 2.45) is 4.99 Å². The number of rotatable bonds is 9. The summed E-state index contributed by atoms with van der Waals surface area (Å²) in [4.78, 5) is 9.25. The van der Waals surface area contributed by atoms with Crippen LogP contribution in [0, 0.1) is 0 Å². The van der Waals surface area contributed by atoms with E-state index in [1.54, 1.807) is 11.3 Å². The van der Waals surface area contributed by atoms with Gasteiger partial charge in [0.05, 0.1) is 10.7 Å². The smallest absolute Gasteiger partial charge is 0.191 e. The van der Waals surface area contributed by atoms with Crippen molar-refractivity contribution >= 4 is 17.3 Å². The highest BCUT2D eigenvalue weighted by molar-refractivity contribution is 7.09. The van der Waals surface area contributed by atoms with E-state index < -0.39 is 0 Å². The molecule has 0 spiro atoms. The van der Waals surface area contributed by atoms with Crippen molar-refractivity contribution in [3.05, 3.63) is 16.1 Å². The first kappa shape index (κ1) is 18.0. The van der Waals surface area contributed by atoms with E-state index in [0.29, 0.717) is 5.92 Å². The SMILES string of the molecule is CCCCCN=C(NCC)NCCc1csc(C(C)C)n1. The van der Waals surface area contributed by atoms with E-state index in [-0.39, 0.29) is 0 Å². The number of nitrogens with zero attached hydrogens (tertiary/aromatic N) is 2. The van der Waals surface area contributed by atoms with E-state index in [4.69, 9.17) is 0 Å². The van der Waals surface area contributed by atoms with Crippen LogP contribution in [0.25, 0.3) is 0 Å². The second-order valence-corrected chi connectivity index (χ2v) is 6.37. The predicted molar refractivity (Wildman–Crippen MR) is 93.4 cm³/mol. The number of hydrogen-bond acceptors (Lipinski definition) is 3. The molecule has 1 aromatic rings. The van der Waals surface area contributed by atoms with Crippen molar-refractivity contribution < 1.29 is 0 Å². The third-order valence-corrected chi connectivity index (χ3v) is 4.31. The molecule has 0 atom stereocenters. The van der Waals surface area contributed by atoms with E-state index in [1.165, 1.54) is 23.5 Å². The van der Waals surface area contributed by atoms with Crippen molar-refractivity contribution in [2.45, 2.75) is 59.3 Å². The highest BCUT2D eigenvalue weighted by Gasteiger charge is 2.05. The van der Waals surface area contributed by atoms with Gasteiger partial charge in [-0.3, -0.25) is 4.99 Å². The Balaban J connectivity index is 2.34. The first-order valence-electron chi connectivity index (χ1n) is 8.13. The minimum Gasteiger partial charge on any atom is -0.357 e. The fourth-order valence-electron chi connectivity index (χ4n) is 1.91. The first-order valence-corrected chi connectivity index (χ1v) is 9.01. The lowest BCUT2D eigenvalue weighted by atomic mass is 10.2. The van der Waals surface area contributed by atoms with Crippen molar-refractivity contribution in [2.75, 3.05) is 19.6 Å². The summed E-state index contributed by atoms with van der Waals surface area (Å²) < 4.78 is 0. The fourth-order valence-corrected chi connectivity index (χ4v) is 2.78. The van der Waals surface area contributed by atoms with E-state index in [0.717, 1.165) is 38.4 Å². The quantitative estimate of drug-likeness (QED) is 0.416. The third kappa shape index (κ3) is 7.46. The summed E-state index contributed by atoms with van der Waals surface area (Å²) in [5.41, 5.74) is 1.18. The number of nitrogens with one attached hydrogen (secondary N) is 2. The van der Waals surface area contributed by atoms with Crippen molar-refractivity contribution in [3.63, 3.8) is 0 Å². The highest BCUT2D eigenvalue weighted by Crippen LogP contribution is 2.19. The van der Waals surface area contributed by atoms with Gasteiger partial charge in [0.15, 0.2) is 5.96 Å². The van der Waals surface area contributed by atoms with E-state index >= 15 is 0 Å². The molecule has 0 aliphatic heterocycles. The Morgan fingerprint density at radius 1 is 1.29 bits per heavy atom. The summed E-state index contributed by atoms with van der Waals surface area (Å²) >= 11 is 1.76. The molecule has 1 heterocycles. The largest absolute Gasteiger partial charge is 0.357 e. The van der Waals surface area contributed by atoms with Gasteiger partial charge in [0, 0.05) is 37.4 Å². The van der Waals surface area contributed by atoms with Crippen LogP contribution in [0.15, 0.2) is 10.4 Å². The molecule has 2 N–H and O–H groups in total. The molecule has 0 saturated carbocycles. The summed E-state index contributed by atoms with van der Waals surface area (Å²) in [6.45, 7) is 11.4. The lowest BCUT2D eigenvalue weighted by Crippen LogP contribution is -2.38. The van der Waals surface area contributed by atoms with Gasteiger partial charge >= 0.3 is 0 Å². The molecule has 0 bridgehead atoms. The fraction of sp³-hybridized carbons (Fsp3) is 0.750. The third-order valence-electron chi connectivity index (χ3n) is 3.11. The zero-order valence-electron chi connectivity index (χ0n) is 13.9. The lowest BCUT2D eigenvalue weighted by Gasteiger charge is -2.10. The molecule has 21 heavy (non-hydrogen) atoms. The Hall–Kier alpha value is -1.10. The van der Waals surface area contributed by atoms with Gasteiger partial charge in [-0.1, -0.05) is 33.6 Å². The molecule has 0 amide bonds. The molecule has 0 aliphatic rings. The number of hydrogen-bond donors (Lipinski definition) is 2. The Labute approximate surface area is 133 Å². The van der Waals surface area contributed by atoms with Gasteiger partial charge in [-0.2, -0.15) is 0 Å². The maximum absolute atomic E-state index is 4.66. The van der Waals surface area contributed by atoms with Gasteiger partial charge in [0.2, 0.25) is 0 Å². The van der Waals surface area contributed by atoms with Crippen LogP contribution in [-0.2, 0) is 6.42 Å². The topological polar surface area (TPSA) is 49.3 Å². The minimum absolute atomic E-state index is 0.522. The van der Waals surface area contributed by atoms with Crippen LogP contribution < -0.4 is 10.6 Å². The van der Waals surface area contributed by atoms with E-state index in [2.05, 4.69) is 53.7 Å². The van der Waals surface area contributed by atoms with Crippen LogP contribution >= 0.6 is 11.3 Å². The molecule has 120 valence electrons. The number of guanidine groups is 1. The molecule has 0 unspecified atom stereocenters. The number of aliphatic imine (C=N–C) groups is 1. The van der Waals surface area contributed by atoms with E-state index in [9.17, 15) is 0 Å². The summed E-state index contributed by atoms with van der Waals surface area (Å²) in [7, 11) is 0. The van der Waals surface area contributed by atoms with Gasteiger partial charge in [-0.15, -0.1) is 11.3 Å². The molecule has 0 radical (unpaired) electrons. The average molecular weight is 311 g/mol. The van der Waals surface area contributed by atoms with E-state index in [1.807, 2.05) is 0 Å². The molecule has 5 heteroatoms. The van der Waals surface area contributed by atoms with Crippen LogP contribution in [0.2, 0.25) is 0 Å². The molecule has 1 aromatic heterocycles. The zero-order valence-corrected chi connectivity index (χ0v) is 14.7. The van der Waals surface area contributed by atoms with Gasteiger partial charge in [0.1, 0.15) is 0 Å². The first-order chi connectivity index (χ1) is 10.2. The van der Waals surface area contributed by atoms with Gasteiger partial charge in [-0.05, 0) is 13.3 Å². The second-order valence-electron chi connectivity index (χ2n) is 5.48.